The second-order valence-electron chi connectivity index (χ2n) is 9.74. The lowest BCUT2D eigenvalue weighted by Gasteiger charge is -2.38. The first kappa shape index (κ1) is 31.3. The first-order valence-electron chi connectivity index (χ1n) is 12.4. The van der Waals surface area contributed by atoms with Crippen LogP contribution >= 0.6 is 0 Å². The van der Waals surface area contributed by atoms with Gasteiger partial charge in [0.15, 0.2) is 0 Å². The molecule has 40 heavy (non-hydrogen) atoms. The highest BCUT2D eigenvalue weighted by atomic mass is 32.2. The van der Waals surface area contributed by atoms with Gasteiger partial charge in [-0.05, 0) is 49.4 Å². The van der Waals surface area contributed by atoms with E-state index in [9.17, 15) is 40.7 Å². The number of hydrogen-bond acceptors (Lipinski definition) is 6. The van der Waals surface area contributed by atoms with E-state index in [-0.39, 0.29) is 41.6 Å². The molecule has 3 atom stereocenters. The molecule has 0 fully saturated rings. The third kappa shape index (κ3) is 7.70. The van der Waals surface area contributed by atoms with Gasteiger partial charge >= 0.3 is 6.18 Å². The number of likely N-dealkylation sites (N-methyl/N-ethyl adjacent to an activating group) is 1. The number of ether oxygens (including phenoxy) is 1. The number of nitrogens with zero attached hydrogens (tertiary/aromatic N) is 2. The fraction of sp³-hybridized carbons (Fsp3) is 0.462. The van der Waals surface area contributed by atoms with Crippen molar-refractivity contribution >= 4 is 27.5 Å². The second-order valence-corrected chi connectivity index (χ2v) is 11.8. The van der Waals surface area contributed by atoms with Gasteiger partial charge in [-0.15, -0.1) is 0 Å². The molecule has 14 heteroatoms. The summed E-state index contributed by atoms with van der Waals surface area (Å²) in [5.74, 6) is -2.37. The Balaban J connectivity index is 1.91. The Morgan fingerprint density at radius 1 is 1.23 bits per heavy atom. The number of carbonyl (C=O) groups is 2. The molecule has 1 aliphatic rings. The number of fused-ring (bicyclic) bond motifs is 1. The summed E-state index contributed by atoms with van der Waals surface area (Å²) in [5.41, 5.74) is 0.0514. The molecule has 0 unspecified atom stereocenters. The lowest BCUT2D eigenvalue weighted by molar-refractivity contribution is -0.142. The van der Waals surface area contributed by atoms with Crippen molar-refractivity contribution in [3.63, 3.8) is 0 Å². The van der Waals surface area contributed by atoms with Gasteiger partial charge in [0.05, 0.1) is 36.1 Å². The number of amides is 2. The largest absolute Gasteiger partial charge is 0.488 e. The van der Waals surface area contributed by atoms with Crippen molar-refractivity contribution in [1.82, 2.24) is 9.21 Å². The van der Waals surface area contributed by atoms with Crippen LogP contribution in [0.25, 0.3) is 0 Å². The number of sulfonamides is 1. The summed E-state index contributed by atoms with van der Waals surface area (Å²) in [6, 6.07) is 7.72. The summed E-state index contributed by atoms with van der Waals surface area (Å²) in [6.07, 6.45) is -7.39. The van der Waals surface area contributed by atoms with E-state index in [1.807, 2.05) is 0 Å². The third-order valence-electron chi connectivity index (χ3n) is 6.54. The zero-order valence-electron chi connectivity index (χ0n) is 22.1. The van der Waals surface area contributed by atoms with Crippen LogP contribution in [-0.4, -0.2) is 79.6 Å². The van der Waals surface area contributed by atoms with Crippen LogP contribution in [0.15, 0.2) is 47.4 Å². The van der Waals surface area contributed by atoms with Crippen molar-refractivity contribution in [3.8, 4) is 5.75 Å². The highest BCUT2D eigenvalue weighted by Crippen LogP contribution is 2.31. The van der Waals surface area contributed by atoms with Gasteiger partial charge in [0.2, 0.25) is 15.9 Å². The Morgan fingerprint density at radius 3 is 2.48 bits per heavy atom. The molecule has 2 N–H and O–H groups in total. The number of nitrogens with one attached hydrogen (secondary N) is 1. The smallest absolute Gasteiger partial charge is 0.389 e. The summed E-state index contributed by atoms with van der Waals surface area (Å²) < 4.78 is 84.2. The summed E-state index contributed by atoms with van der Waals surface area (Å²) in [5, 5.41) is 12.1. The van der Waals surface area contributed by atoms with Crippen molar-refractivity contribution in [2.24, 2.45) is 5.92 Å². The van der Waals surface area contributed by atoms with Crippen LogP contribution < -0.4 is 10.1 Å². The van der Waals surface area contributed by atoms with E-state index in [0.29, 0.717) is 0 Å². The van der Waals surface area contributed by atoms with Crippen molar-refractivity contribution < 1.29 is 45.4 Å². The minimum absolute atomic E-state index is 0.0186. The van der Waals surface area contributed by atoms with Crippen LogP contribution in [0, 0.1) is 11.7 Å². The maximum absolute atomic E-state index is 13.5. The van der Waals surface area contributed by atoms with Crippen LogP contribution in [0.2, 0.25) is 0 Å². The quantitative estimate of drug-likeness (QED) is 0.432. The number of alkyl halides is 3. The fourth-order valence-electron chi connectivity index (χ4n) is 4.14. The molecule has 220 valence electrons. The molecule has 0 aromatic heterocycles. The van der Waals surface area contributed by atoms with Gasteiger partial charge in [-0.25, -0.2) is 12.8 Å². The number of anilines is 1. The van der Waals surface area contributed by atoms with E-state index in [2.05, 4.69) is 5.32 Å². The maximum atomic E-state index is 13.5. The predicted octanol–water partition coefficient (Wildman–Crippen LogP) is 3.65. The molecule has 0 radical (unpaired) electrons. The van der Waals surface area contributed by atoms with Crippen LogP contribution in [0.5, 0.6) is 5.75 Å². The van der Waals surface area contributed by atoms with Crippen molar-refractivity contribution in [3.05, 3.63) is 53.8 Å². The molecule has 2 aromatic carbocycles. The van der Waals surface area contributed by atoms with Crippen LogP contribution in [0.1, 0.15) is 37.0 Å². The molecule has 0 saturated carbocycles. The van der Waals surface area contributed by atoms with E-state index >= 15 is 0 Å². The van der Waals surface area contributed by atoms with Crippen LogP contribution in [-0.2, 0) is 14.8 Å². The molecule has 1 heterocycles. The molecule has 0 aliphatic carbocycles. The number of hydrogen-bond donors (Lipinski definition) is 2. The topological polar surface area (TPSA) is 116 Å². The Kier molecular flexibility index (Phi) is 9.80. The highest BCUT2D eigenvalue weighted by molar-refractivity contribution is 7.89. The van der Waals surface area contributed by atoms with Gasteiger partial charge in [-0.1, -0.05) is 6.92 Å². The molecular weight excluding hydrogens is 558 g/mol. The van der Waals surface area contributed by atoms with Crippen LogP contribution in [0.3, 0.4) is 0 Å². The molecule has 0 bridgehead atoms. The Bertz CT molecular complexity index is 1320. The molecule has 3 rings (SSSR count). The Morgan fingerprint density at radius 2 is 1.88 bits per heavy atom. The molecule has 2 aromatic rings. The lowest BCUT2D eigenvalue weighted by atomic mass is 9.99. The second kappa shape index (κ2) is 12.5. The normalized spacial score (nSPS) is 18.9. The van der Waals surface area contributed by atoms with Gasteiger partial charge in [0, 0.05) is 31.6 Å². The molecule has 2 amide bonds. The molecule has 0 spiro atoms. The number of carbonyl (C=O) groups excluding carboxylic acids is 2. The molecule has 0 saturated heterocycles. The monoisotopic (exact) mass is 589 g/mol. The summed E-state index contributed by atoms with van der Waals surface area (Å²) >= 11 is 0. The molecular formula is C26H31F4N3O6S. The van der Waals surface area contributed by atoms with E-state index in [4.69, 9.17) is 4.74 Å². The fourth-order valence-corrected chi connectivity index (χ4v) is 5.32. The Hall–Kier alpha value is -3.23. The van der Waals surface area contributed by atoms with E-state index in [0.717, 1.165) is 28.6 Å². The van der Waals surface area contributed by atoms with Crippen molar-refractivity contribution in [2.75, 3.05) is 32.1 Å². The minimum Gasteiger partial charge on any atom is -0.488 e. The predicted molar refractivity (Wildman–Crippen MR) is 138 cm³/mol. The average molecular weight is 590 g/mol. The highest BCUT2D eigenvalue weighted by Gasteiger charge is 2.35. The Labute approximate surface area is 229 Å². The van der Waals surface area contributed by atoms with Crippen LogP contribution in [0.4, 0.5) is 23.2 Å². The molecule has 9 nitrogen and oxygen atoms in total. The van der Waals surface area contributed by atoms with E-state index in [1.165, 1.54) is 30.1 Å². The van der Waals surface area contributed by atoms with Gasteiger partial charge in [-0.3, -0.25) is 9.59 Å². The van der Waals surface area contributed by atoms with Gasteiger partial charge < -0.3 is 20.1 Å². The zero-order valence-corrected chi connectivity index (χ0v) is 22.9. The van der Waals surface area contributed by atoms with Crippen molar-refractivity contribution in [1.29, 1.82) is 0 Å². The number of halogens is 4. The number of aliphatic hydroxyl groups is 1. The van der Waals surface area contributed by atoms with E-state index in [1.54, 1.807) is 13.8 Å². The van der Waals surface area contributed by atoms with Gasteiger partial charge in [-0.2, -0.15) is 17.5 Å². The summed E-state index contributed by atoms with van der Waals surface area (Å²) in [7, 11) is -2.68. The first-order valence-corrected chi connectivity index (χ1v) is 13.9. The first-order chi connectivity index (χ1) is 18.6. The van der Waals surface area contributed by atoms with Gasteiger partial charge in [0.25, 0.3) is 5.91 Å². The maximum Gasteiger partial charge on any atom is 0.389 e. The number of rotatable bonds is 9. The summed E-state index contributed by atoms with van der Waals surface area (Å²) in [4.78, 5) is 26.8. The third-order valence-corrected chi connectivity index (χ3v) is 8.38. The standard InChI is InChI=1S/C26H31F4N3O6S/c1-16-13-33(17(2)15-34)25(36)21-12-19(31-24(35)10-11-26(28,29)30)6-9-22(21)39-23(16)14-32(3)40(37,38)20-7-4-18(27)5-8-20/h4-9,12,16-17,23,34H,10-11,13-15H2,1-3H3,(H,31,35)/t16-,17-,23-/m0/s1. The average Bonchev–Trinajstić information content (AvgIpc) is 2.89. The number of aliphatic hydroxyl groups excluding tert-OH is 1. The number of benzene rings is 2. The van der Waals surface area contributed by atoms with Crippen molar-refractivity contribution in [2.45, 2.75) is 49.9 Å². The summed E-state index contributed by atoms with van der Waals surface area (Å²) in [6.45, 7) is 2.94. The zero-order chi connectivity index (χ0) is 29.8. The SMILES string of the molecule is C[C@H]1CN([C@@H](C)CO)C(=O)c2cc(NC(=O)CCC(F)(F)F)ccc2O[C@H]1CN(C)S(=O)(=O)c1ccc(F)cc1. The van der Waals surface area contributed by atoms with Gasteiger partial charge in [0.1, 0.15) is 17.7 Å². The minimum atomic E-state index is -4.50. The lowest BCUT2D eigenvalue weighted by Crippen LogP contribution is -2.50. The van der Waals surface area contributed by atoms with E-state index < -0.39 is 64.7 Å². The molecule has 1 aliphatic heterocycles.